The molecule has 5 heteroatoms. The van der Waals surface area contributed by atoms with E-state index in [0.29, 0.717) is 17.2 Å². The lowest BCUT2D eigenvalue weighted by Crippen LogP contribution is -2.66. The largest absolute Gasteiger partial charge is 0.493 e. The predicted molar refractivity (Wildman–Crippen MR) is 142 cm³/mol. The number of hydrogen-bond donors (Lipinski definition) is 0. The Bertz CT molecular complexity index is 1570. The van der Waals surface area contributed by atoms with Crippen molar-refractivity contribution >= 4 is 0 Å². The molecule has 5 nitrogen and oxygen atoms in total. The van der Waals surface area contributed by atoms with Crippen LogP contribution in [0.5, 0.6) is 28.7 Å². The third kappa shape index (κ3) is 2.33. The maximum Gasteiger partial charge on any atom is 0.291 e. The molecule has 0 saturated heterocycles. The van der Waals surface area contributed by atoms with Crippen LogP contribution in [0, 0.1) is 27.7 Å². The molecule has 37 heavy (non-hydrogen) atoms. The van der Waals surface area contributed by atoms with Gasteiger partial charge in [0.15, 0.2) is 11.5 Å². The summed E-state index contributed by atoms with van der Waals surface area (Å²) in [4.78, 5) is 0. The first-order valence-corrected chi connectivity index (χ1v) is 12.9. The van der Waals surface area contributed by atoms with Crippen LogP contribution >= 0.6 is 0 Å². The van der Waals surface area contributed by atoms with Crippen LogP contribution in [-0.2, 0) is 10.8 Å². The van der Waals surface area contributed by atoms with E-state index in [1.807, 2.05) is 6.07 Å². The van der Waals surface area contributed by atoms with Crippen LogP contribution in [0.2, 0.25) is 0 Å². The third-order valence-electron chi connectivity index (χ3n) is 8.99. The Hall–Kier alpha value is -3.60. The summed E-state index contributed by atoms with van der Waals surface area (Å²) in [7, 11) is 3.30. The second-order valence-electron chi connectivity index (χ2n) is 11.3. The van der Waals surface area contributed by atoms with Crippen LogP contribution in [0.25, 0.3) is 0 Å². The normalized spacial score (nSPS) is 29.4. The summed E-state index contributed by atoms with van der Waals surface area (Å²) in [6, 6.07) is 13.0. The topological polar surface area (TPSA) is 46.2 Å². The van der Waals surface area contributed by atoms with Gasteiger partial charge in [-0.05, 0) is 64.8 Å². The monoisotopic (exact) mass is 496 g/mol. The lowest BCUT2D eigenvalue weighted by Gasteiger charge is -2.49. The zero-order chi connectivity index (χ0) is 26.1. The van der Waals surface area contributed by atoms with E-state index in [4.69, 9.17) is 23.7 Å². The Morgan fingerprint density at radius 3 is 2.05 bits per heavy atom. The van der Waals surface area contributed by atoms with Crippen molar-refractivity contribution in [3.05, 3.63) is 87.0 Å². The van der Waals surface area contributed by atoms with E-state index in [1.54, 1.807) is 14.2 Å². The van der Waals surface area contributed by atoms with Gasteiger partial charge in [-0.25, -0.2) is 0 Å². The van der Waals surface area contributed by atoms with Crippen molar-refractivity contribution < 1.29 is 23.7 Å². The summed E-state index contributed by atoms with van der Waals surface area (Å²) in [5.41, 5.74) is 7.80. The van der Waals surface area contributed by atoms with Gasteiger partial charge < -0.3 is 23.7 Å². The van der Waals surface area contributed by atoms with Gasteiger partial charge in [0.25, 0.3) is 5.79 Å². The highest BCUT2D eigenvalue weighted by atomic mass is 16.7. The van der Waals surface area contributed by atoms with Crippen molar-refractivity contribution in [2.24, 2.45) is 0 Å². The fourth-order valence-electron chi connectivity index (χ4n) is 7.72. The highest BCUT2D eigenvalue weighted by molar-refractivity contribution is 5.75. The minimum atomic E-state index is -1.11. The molecule has 7 rings (SSSR count). The third-order valence-corrected chi connectivity index (χ3v) is 8.99. The lowest BCUT2D eigenvalue weighted by atomic mass is 9.54. The Morgan fingerprint density at radius 2 is 1.38 bits per heavy atom. The van der Waals surface area contributed by atoms with Crippen LogP contribution in [0.15, 0.2) is 48.0 Å². The van der Waals surface area contributed by atoms with Crippen molar-refractivity contribution in [3.63, 3.8) is 0 Å². The van der Waals surface area contributed by atoms with E-state index in [-0.39, 0.29) is 6.10 Å². The van der Waals surface area contributed by atoms with Crippen molar-refractivity contribution in [2.45, 2.75) is 64.3 Å². The maximum atomic E-state index is 7.11. The standard InChI is InChI=1S/C32H32O5/c1-16-11-18(3)25-22(13-16)30(6)15-20(5)32-31(29(30)35-25,23-14-17(2)12-19(4)26(23)36-32)21-9-10-24(33-7)28(34-8)27(21)37-32/h9-15,29H,1-8H3/t29-,30+,31+,32+/m1/s1. The molecule has 3 heterocycles. The molecule has 0 spiro atoms. The van der Waals surface area contributed by atoms with E-state index in [0.717, 1.165) is 39.3 Å². The van der Waals surface area contributed by atoms with E-state index in [9.17, 15) is 0 Å². The van der Waals surface area contributed by atoms with Gasteiger partial charge in [0.05, 0.1) is 19.6 Å². The number of ether oxygens (including phenoxy) is 5. The molecule has 0 radical (unpaired) electrons. The second-order valence-corrected chi connectivity index (χ2v) is 11.3. The Balaban J connectivity index is 1.64. The summed E-state index contributed by atoms with van der Waals surface area (Å²) in [5.74, 6) is 2.57. The highest BCUT2D eigenvalue weighted by Crippen LogP contribution is 2.72. The first-order valence-electron chi connectivity index (χ1n) is 12.9. The van der Waals surface area contributed by atoms with Gasteiger partial charge in [-0.1, -0.05) is 41.5 Å². The molecule has 3 aliphatic heterocycles. The summed E-state index contributed by atoms with van der Waals surface area (Å²) in [6.45, 7) is 13.0. The van der Waals surface area contributed by atoms with E-state index >= 15 is 0 Å². The van der Waals surface area contributed by atoms with Gasteiger partial charge >= 0.3 is 0 Å². The first kappa shape index (κ1) is 22.6. The quantitative estimate of drug-likeness (QED) is 0.385. The van der Waals surface area contributed by atoms with Gasteiger partial charge in [-0.15, -0.1) is 0 Å². The summed E-state index contributed by atoms with van der Waals surface area (Å²) in [5, 5.41) is 0. The summed E-state index contributed by atoms with van der Waals surface area (Å²) in [6.07, 6.45) is 2.01. The van der Waals surface area contributed by atoms with Gasteiger partial charge in [-0.2, -0.15) is 0 Å². The molecule has 3 aromatic rings. The minimum Gasteiger partial charge on any atom is -0.493 e. The average Bonchev–Trinajstić information content (AvgIpc) is 3.42. The molecule has 0 bridgehead atoms. The molecule has 1 aliphatic carbocycles. The first-order chi connectivity index (χ1) is 17.6. The molecule has 4 aliphatic rings. The van der Waals surface area contributed by atoms with Gasteiger partial charge in [0.1, 0.15) is 23.0 Å². The second kappa shape index (κ2) is 6.83. The van der Waals surface area contributed by atoms with Crippen LogP contribution in [0.4, 0.5) is 0 Å². The molecule has 0 unspecified atom stereocenters. The smallest absolute Gasteiger partial charge is 0.291 e. The highest BCUT2D eigenvalue weighted by Gasteiger charge is 2.79. The SMILES string of the molecule is COc1ccc2c(c1OC)O[C@]13Oc4c(C)cc(C)cc4[C@]21[C@@H]1Oc2c(C)cc(C)cc2[C@]1(C)C=C3C. The number of rotatable bonds is 2. The molecule has 0 N–H and O–H groups in total. The zero-order valence-electron chi connectivity index (χ0n) is 22.7. The number of hydrogen-bond acceptors (Lipinski definition) is 5. The molecule has 0 amide bonds. The molecule has 0 aromatic heterocycles. The molecular formula is C32H32O5. The van der Waals surface area contributed by atoms with E-state index < -0.39 is 16.6 Å². The molecule has 0 fully saturated rings. The average molecular weight is 497 g/mol. The molecule has 4 atom stereocenters. The van der Waals surface area contributed by atoms with Gasteiger partial charge in [0, 0.05) is 22.3 Å². The lowest BCUT2D eigenvalue weighted by molar-refractivity contribution is -0.126. The van der Waals surface area contributed by atoms with Gasteiger partial charge in [0.2, 0.25) is 5.75 Å². The predicted octanol–water partition coefficient (Wildman–Crippen LogP) is 6.38. The Kier molecular flexibility index (Phi) is 4.17. The van der Waals surface area contributed by atoms with Crippen molar-refractivity contribution in [1.29, 1.82) is 0 Å². The number of benzene rings is 3. The number of methoxy groups -OCH3 is 2. The van der Waals surface area contributed by atoms with E-state index in [1.165, 1.54) is 16.7 Å². The number of aryl methyl sites for hydroxylation is 4. The minimum absolute atomic E-state index is 0.305. The fourth-order valence-corrected chi connectivity index (χ4v) is 7.72. The van der Waals surface area contributed by atoms with Crippen LogP contribution in [-0.4, -0.2) is 26.1 Å². The zero-order valence-corrected chi connectivity index (χ0v) is 22.7. The maximum absolute atomic E-state index is 7.11. The van der Waals surface area contributed by atoms with Gasteiger partial charge in [-0.3, -0.25) is 0 Å². The summed E-state index contributed by atoms with van der Waals surface area (Å²) < 4.78 is 32.7. The van der Waals surface area contributed by atoms with Crippen molar-refractivity contribution in [3.8, 4) is 28.7 Å². The number of fused-ring (bicyclic) bond motifs is 5. The Morgan fingerprint density at radius 1 is 0.730 bits per heavy atom. The van der Waals surface area contributed by atoms with E-state index in [2.05, 4.69) is 78.0 Å². The molecule has 190 valence electrons. The fraction of sp³-hybridized carbons (Fsp3) is 0.375. The van der Waals surface area contributed by atoms with Crippen LogP contribution < -0.4 is 23.7 Å². The van der Waals surface area contributed by atoms with Crippen LogP contribution in [0.3, 0.4) is 0 Å². The molecule has 0 saturated carbocycles. The summed E-state index contributed by atoms with van der Waals surface area (Å²) >= 11 is 0. The van der Waals surface area contributed by atoms with Crippen molar-refractivity contribution in [2.75, 3.05) is 14.2 Å². The molecule has 3 aromatic carbocycles. The Labute approximate surface area is 218 Å². The van der Waals surface area contributed by atoms with Crippen molar-refractivity contribution in [1.82, 2.24) is 0 Å². The molecular weight excluding hydrogens is 464 g/mol. The van der Waals surface area contributed by atoms with Crippen LogP contribution in [0.1, 0.15) is 52.8 Å².